The van der Waals surface area contributed by atoms with Crippen molar-refractivity contribution in [3.8, 4) is 11.3 Å². The number of nitrogens with one attached hydrogen (secondary N) is 1. The van der Waals surface area contributed by atoms with E-state index in [1.54, 1.807) is 6.21 Å². The Morgan fingerprint density at radius 3 is 2.66 bits per heavy atom. The third-order valence-corrected chi connectivity index (χ3v) is 5.45. The minimum Gasteiger partial charge on any atom is -0.378 e. The van der Waals surface area contributed by atoms with Crippen LogP contribution in [0.1, 0.15) is 10.6 Å². The standard InChI is InChI=1S/C22H22N4O2S/c27-21(14-22-24-20(16-29-22)18-4-2-1-3-5-18)25-23-15-17-6-8-19(9-7-17)26-10-12-28-13-11-26/h1-9,15-16H,10-14H2,(H,25,27)/b23-15-. The molecule has 0 aliphatic carbocycles. The maximum absolute atomic E-state index is 12.1. The van der Waals surface area contributed by atoms with E-state index in [0.717, 1.165) is 48.1 Å². The molecule has 1 amide bonds. The zero-order valence-corrected chi connectivity index (χ0v) is 16.8. The summed E-state index contributed by atoms with van der Waals surface area (Å²) in [5.41, 5.74) is 6.62. The van der Waals surface area contributed by atoms with E-state index in [1.165, 1.54) is 17.0 Å². The zero-order valence-electron chi connectivity index (χ0n) is 16.0. The van der Waals surface area contributed by atoms with Crippen molar-refractivity contribution in [2.75, 3.05) is 31.2 Å². The van der Waals surface area contributed by atoms with Gasteiger partial charge in [0.2, 0.25) is 5.91 Å². The minimum atomic E-state index is -0.180. The number of benzene rings is 2. The molecule has 7 heteroatoms. The SMILES string of the molecule is O=C(Cc1nc(-c2ccccc2)cs1)N/N=C\c1ccc(N2CCOCC2)cc1. The van der Waals surface area contributed by atoms with Crippen molar-refractivity contribution in [3.63, 3.8) is 0 Å². The molecule has 1 fully saturated rings. The largest absolute Gasteiger partial charge is 0.378 e. The first-order chi connectivity index (χ1) is 14.3. The predicted octanol–water partition coefficient (Wildman–Crippen LogP) is 3.34. The Kier molecular flexibility index (Phi) is 6.29. The highest BCUT2D eigenvalue weighted by Crippen LogP contribution is 2.21. The lowest BCUT2D eigenvalue weighted by Gasteiger charge is -2.28. The second kappa shape index (κ2) is 9.45. The van der Waals surface area contributed by atoms with Gasteiger partial charge in [-0.25, -0.2) is 10.4 Å². The number of hydrogen-bond acceptors (Lipinski definition) is 6. The summed E-state index contributed by atoms with van der Waals surface area (Å²) in [7, 11) is 0. The monoisotopic (exact) mass is 406 g/mol. The molecule has 29 heavy (non-hydrogen) atoms. The van der Waals surface area contributed by atoms with E-state index in [-0.39, 0.29) is 12.3 Å². The van der Waals surface area contributed by atoms with Crippen molar-refractivity contribution in [2.45, 2.75) is 6.42 Å². The Labute approximate surface area is 173 Å². The lowest BCUT2D eigenvalue weighted by molar-refractivity contribution is -0.120. The normalized spacial score (nSPS) is 14.3. The van der Waals surface area contributed by atoms with Gasteiger partial charge >= 0.3 is 0 Å². The fourth-order valence-corrected chi connectivity index (χ4v) is 3.88. The molecule has 0 spiro atoms. The van der Waals surface area contributed by atoms with E-state index < -0.39 is 0 Å². The van der Waals surface area contributed by atoms with Gasteiger partial charge in [0, 0.05) is 29.7 Å². The summed E-state index contributed by atoms with van der Waals surface area (Å²) in [6.07, 6.45) is 1.86. The maximum Gasteiger partial charge on any atom is 0.246 e. The van der Waals surface area contributed by atoms with E-state index in [4.69, 9.17) is 4.74 Å². The number of hydrazone groups is 1. The Morgan fingerprint density at radius 1 is 1.14 bits per heavy atom. The van der Waals surface area contributed by atoms with E-state index in [1.807, 2.05) is 47.8 Å². The lowest BCUT2D eigenvalue weighted by Crippen LogP contribution is -2.36. The highest BCUT2D eigenvalue weighted by Gasteiger charge is 2.11. The van der Waals surface area contributed by atoms with Crippen LogP contribution in [0.2, 0.25) is 0 Å². The molecule has 1 saturated heterocycles. The topological polar surface area (TPSA) is 66.8 Å². The van der Waals surface area contributed by atoms with E-state index in [0.29, 0.717) is 0 Å². The number of nitrogens with zero attached hydrogens (tertiary/aromatic N) is 3. The molecule has 1 aromatic heterocycles. The van der Waals surface area contributed by atoms with Gasteiger partial charge in [-0.15, -0.1) is 11.3 Å². The molecule has 1 N–H and O–H groups in total. The molecule has 6 nitrogen and oxygen atoms in total. The number of hydrogen-bond donors (Lipinski definition) is 1. The van der Waals surface area contributed by atoms with Gasteiger partial charge in [-0.1, -0.05) is 42.5 Å². The number of rotatable bonds is 6. The Morgan fingerprint density at radius 2 is 1.90 bits per heavy atom. The molecular weight excluding hydrogens is 384 g/mol. The third kappa shape index (κ3) is 5.28. The number of ether oxygens (including phenoxy) is 1. The fraction of sp³-hybridized carbons (Fsp3) is 0.227. The molecule has 0 atom stereocenters. The Balaban J connectivity index is 1.28. The highest BCUT2D eigenvalue weighted by atomic mass is 32.1. The number of aromatic nitrogens is 1. The first-order valence-electron chi connectivity index (χ1n) is 9.52. The van der Waals surface area contributed by atoms with Crippen molar-refractivity contribution in [1.82, 2.24) is 10.4 Å². The van der Waals surface area contributed by atoms with E-state index in [2.05, 4.69) is 32.5 Å². The molecule has 4 rings (SSSR count). The van der Waals surface area contributed by atoms with Crippen molar-refractivity contribution in [2.24, 2.45) is 5.10 Å². The number of anilines is 1. The molecule has 148 valence electrons. The Hall–Kier alpha value is -3.03. The lowest BCUT2D eigenvalue weighted by atomic mass is 10.2. The van der Waals surface area contributed by atoms with Gasteiger partial charge in [-0.3, -0.25) is 4.79 Å². The second-order valence-corrected chi connectivity index (χ2v) is 7.60. The van der Waals surface area contributed by atoms with Crippen molar-refractivity contribution in [3.05, 3.63) is 70.5 Å². The summed E-state index contributed by atoms with van der Waals surface area (Å²) in [4.78, 5) is 19.0. The molecule has 0 saturated carbocycles. The third-order valence-electron chi connectivity index (χ3n) is 4.61. The number of carbonyl (C=O) groups is 1. The van der Waals surface area contributed by atoms with Crippen LogP contribution in [0.3, 0.4) is 0 Å². The molecule has 1 aliphatic rings. The van der Waals surface area contributed by atoms with Crippen molar-refractivity contribution >= 4 is 29.1 Å². The quantitative estimate of drug-likeness (QED) is 0.504. The van der Waals surface area contributed by atoms with Gasteiger partial charge in [-0.2, -0.15) is 5.10 Å². The summed E-state index contributed by atoms with van der Waals surface area (Å²) in [6.45, 7) is 3.35. The number of thiazole rings is 1. The average Bonchev–Trinajstić information content (AvgIpc) is 3.24. The number of amides is 1. The molecule has 0 unspecified atom stereocenters. The van der Waals surface area contributed by atoms with Gasteiger partial charge in [0.05, 0.1) is 31.5 Å². The molecule has 0 radical (unpaired) electrons. The van der Waals surface area contributed by atoms with Gasteiger partial charge in [0.15, 0.2) is 0 Å². The number of carbonyl (C=O) groups excluding carboxylic acids is 1. The van der Waals surface area contributed by atoms with Crippen LogP contribution in [0.5, 0.6) is 0 Å². The minimum absolute atomic E-state index is 0.180. The number of morpholine rings is 1. The molecule has 1 aliphatic heterocycles. The summed E-state index contributed by atoms with van der Waals surface area (Å²) >= 11 is 1.48. The zero-order chi connectivity index (χ0) is 19.9. The average molecular weight is 407 g/mol. The summed E-state index contributed by atoms with van der Waals surface area (Å²) < 4.78 is 5.38. The summed E-state index contributed by atoms with van der Waals surface area (Å²) in [5, 5.41) is 6.80. The Bertz CT molecular complexity index is 964. The van der Waals surface area contributed by atoms with Gasteiger partial charge in [-0.05, 0) is 17.7 Å². The molecule has 3 aromatic rings. The predicted molar refractivity (Wildman–Crippen MR) is 116 cm³/mol. The summed E-state index contributed by atoms with van der Waals surface area (Å²) in [5.74, 6) is -0.180. The van der Waals surface area contributed by atoms with Crippen LogP contribution in [0, 0.1) is 0 Å². The molecule has 0 bridgehead atoms. The molecule has 2 heterocycles. The van der Waals surface area contributed by atoms with Gasteiger partial charge in [0.25, 0.3) is 0 Å². The van der Waals surface area contributed by atoms with Crippen LogP contribution in [-0.4, -0.2) is 43.4 Å². The van der Waals surface area contributed by atoms with Crippen molar-refractivity contribution in [1.29, 1.82) is 0 Å². The van der Waals surface area contributed by atoms with Crippen LogP contribution in [0.15, 0.2) is 65.1 Å². The second-order valence-electron chi connectivity index (χ2n) is 6.65. The van der Waals surface area contributed by atoms with E-state index in [9.17, 15) is 4.79 Å². The summed E-state index contributed by atoms with van der Waals surface area (Å²) in [6, 6.07) is 18.1. The maximum atomic E-state index is 12.1. The first kappa shape index (κ1) is 19.3. The highest BCUT2D eigenvalue weighted by molar-refractivity contribution is 7.10. The van der Waals surface area contributed by atoms with Crippen LogP contribution in [-0.2, 0) is 16.0 Å². The smallest absolute Gasteiger partial charge is 0.246 e. The van der Waals surface area contributed by atoms with Crippen molar-refractivity contribution < 1.29 is 9.53 Å². The van der Waals surface area contributed by atoms with Crippen LogP contribution in [0.25, 0.3) is 11.3 Å². The van der Waals surface area contributed by atoms with Gasteiger partial charge < -0.3 is 9.64 Å². The fourth-order valence-electron chi connectivity index (χ4n) is 3.08. The van der Waals surface area contributed by atoms with E-state index >= 15 is 0 Å². The first-order valence-corrected chi connectivity index (χ1v) is 10.4. The molecular formula is C22H22N4O2S. The van der Waals surface area contributed by atoms with Gasteiger partial charge in [0.1, 0.15) is 5.01 Å². The van der Waals surface area contributed by atoms with Crippen LogP contribution >= 0.6 is 11.3 Å². The molecule has 2 aromatic carbocycles. The van der Waals surface area contributed by atoms with Crippen LogP contribution < -0.4 is 10.3 Å². The van der Waals surface area contributed by atoms with Crippen LogP contribution in [0.4, 0.5) is 5.69 Å².